The van der Waals surface area contributed by atoms with E-state index in [0.717, 1.165) is 0 Å². The molecule has 9 heavy (non-hydrogen) atoms. The van der Waals surface area contributed by atoms with Crippen molar-refractivity contribution in [3.8, 4) is 0 Å². The molecule has 3 N–H and O–H groups in total. The van der Waals surface area contributed by atoms with Gasteiger partial charge in [-0.05, 0) is 0 Å². The molecule has 0 heterocycles. The molecule has 0 aromatic carbocycles. The van der Waals surface area contributed by atoms with Crippen LogP contribution in [0.2, 0.25) is 0 Å². The highest BCUT2D eigenvalue weighted by Crippen LogP contribution is 1.57. The van der Waals surface area contributed by atoms with Crippen LogP contribution in [-0.4, -0.2) is 26.4 Å². The van der Waals surface area contributed by atoms with Gasteiger partial charge in [-0.3, -0.25) is 9.00 Å². The maximum absolute atomic E-state index is 9.68. The van der Waals surface area contributed by atoms with Crippen molar-refractivity contribution in [2.75, 3.05) is 6.54 Å². The Morgan fingerprint density at radius 1 is 1.78 bits per heavy atom. The highest BCUT2D eigenvalue weighted by molar-refractivity contribution is 7.76. The molecular weight excluding hydrogens is 148 g/mol. The van der Waals surface area contributed by atoms with Gasteiger partial charge >= 0.3 is 5.97 Å². The molecule has 1 unspecified atom stereocenters. The lowest BCUT2D eigenvalue weighted by Gasteiger charge is -2.05. The van der Waals surface area contributed by atoms with Crippen LogP contribution in [-0.2, 0) is 16.1 Å². The molecule has 0 aliphatic rings. The van der Waals surface area contributed by atoms with Gasteiger partial charge in [-0.2, -0.15) is 4.83 Å². The van der Waals surface area contributed by atoms with Crippen molar-refractivity contribution < 1.29 is 18.7 Å². The predicted molar refractivity (Wildman–Crippen MR) is 27.7 cm³/mol. The lowest BCUT2D eigenvalue weighted by Crippen LogP contribution is -2.36. The molecule has 6 nitrogen and oxygen atoms in total. The Hall–Kier alpha value is -0.500. The number of aliphatic carboxylic acids is 1. The van der Waals surface area contributed by atoms with E-state index < -0.39 is 23.8 Å². The van der Waals surface area contributed by atoms with Crippen molar-refractivity contribution in [1.29, 1.82) is 0 Å². The number of hydrazine groups is 1. The first-order valence-electron chi connectivity index (χ1n) is 1.92. The summed E-state index contributed by atoms with van der Waals surface area (Å²) in [6.45, 7) is -0.437. The lowest BCUT2D eigenvalue weighted by atomic mass is 10.7. The number of carbonyl (C=O) groups is 1. The van der Waals surface area contributed by atoms with E-state index in [0.29, 0.717) is 0 Å². The molecule has 0 aliphatic carbocycles. The molecular formula is C2H5N2O4S-. The van der Waals surface area contributed by atoms with Crippen molar-refractivity contribution in [3.05, 3.63) is 0 Å². The van der Waals surface area contributed by atoms with Crippen molar-refractivity contribution in [2.45, 2.75) is 0 Å². The van der Waals surface area contributed by atoms with Gasteiger partial charge in [0.1, 0.15) is 6.54 Å². The fourth-order valence-electron chi connectivity index (χ4n) is 0.171. The summed E-state index contributed by atoms with van der Waals surface area (Å²) in [4.78, 5) is 11.3. The topological polar surface area (TPSA) is 101 Å². The molecule has 7 heteroatoms. The van der Waals surface area contributed by atoms with Crippen molar-refractivity contribution in [1.82, 2.24) is 10.3 Å². The third kappa shape index (κ3) is 7.50. The van der Waals surface area contributed by atoms with Crippen LogP contribution in [0.25, 0.3) is 0 Å². The summed E-state index contributed by atoms with van der Waals surface area (Å²) < 4.78 is 19.2. The molecule has 54 valence electrons. The number of carboxylic acids is 1. The maximum Gasteiger partial charge on any atom is 0.318 e. The molecule has 0 aromatic heterocycles. The quantitative estimate of drug-likeness (QED) is 0.319. The number of hydrogen-bond acceptors (Lipinski definition) is 4. The SMILES string of the molecule is O=C(O)CNNS(=O)[O-]. The largest absolute Gasteiger partial charge is 0.759 e. The number of nitrogens with one attached hydrogen (secondary N) is 2. The highest BCUT2D eigenvalue weighted by Gasteiger charge is 1.91. The number of carboxylic acid groups (broad SMARTS) is 1. The molecule has 0 fully saturated rings. The van der Waals surface area contributed by atoms with Gasteiger partial charge in [0.05, 0.1) is 0 Å². The molecule has 0 bridgehead atoms. The summed E-state index contributed by atoms with van der Waals surface area (Å²) in [5.74, 6) is -1.13. The Kier molecular flexibility index (Phi) is 4.14. The van der Waals surface area contributed by atoms with Crippen molar-refractivity contribution >= 4 is 17.2 Å². The minimum absolute atomic E-state index is 0.437. The van der Waals surface area contributed by atoms with Gasteiger partial charge in [0.25, 0.3) is 0 Å². The second kappa shape index (κ2) is 4.39. The Labute approximate surface area is 53.6 Å². The molecule has 0 aromatic rings. The van der Waals surface area contributed by atoms with Crippen molar-refractivity contribution in [2.24, 2.45) is 0 Å². The Bertz CT molecular complexity index is 112. The molecule has 0 saturated carbocycles. The predicted octanol–water partition coefficient (Wildman–Crippen LogP) is -2.04. The maximum atomic E-state index is 9.68. The number of rotatable bonds is 4. The minimum atomic E-state index is -2.46. The Balaban J connectivity index is 3.10. The minimum Gasteiger partial charge on any atom is -0.759 e. The van der Waals surface area contributed by atoms with E-state index in [4.69, 9.17) is 5.11 Å². The van der Waals surface area contributed by atoms with Gasteiger partial charge in [-0.15, -0.1) is 0 Å². The first-order chi connectivity index (χ1) is 4.13. The van der Waals surface area contributed by atoms with Gasteiger partial charge in [-0.25, -0.2) is 5.43 Å². The Morgan fingerprint density at radius 3 is 2.67 bits per heavy atom. The third-order valence-corrected chi connectivity index (χ3v) is 0.706. The zero-order valence-corrected chi connectivity index (χ0v) is 5.10. The van der Waals surface area contributed by atoms with Crippen LogP contribution in [0.15, 0.2) is 0 Å². The fourth-order valence-corrected chi connectivity index (χ4v) is 0.361. The van der Waals surface area contributed by atoms with E-state index >= 15 is 0 Å². The van der Waals surface area contributed by atoms with Crippen LogP contribution >= 0.6 is 0 Å². The fraction of sp³-hybridized carbons (Fsp3) is 0.500. The molecule has 0 spiro atoms. The van der Waals surface area contributed by atoms with Crippen LogP contribution in [0.5, 0.6) is 0 Å². The summed E-state index contributed by atoms with van der Waals surface area (Å²) in [7, 11) is 0. The molecule has 0 amide bonds. The number of hydrogen-bond donors (Lipinski definition) is 3. The van der Waals surface area contributed by atoms with E-state index in [1.165, 1.54) is 0 Å². The van der Waals surface area contributed by atoms with Gasteiger partial charge in [0.15, 0.2) is 0 Å². The van der Waals surface area contributed by atoms with Gasteiger partial charge in [0, 0.05) is 11.3 Å². The molecule has 0 rings (SSSR count). The normalized spacial score (nSPS) is 13.0. The van der Waals surface area contributed by atoms with E-state index in [9.17, 15) is 13.6 Å². The zero-order valence-electron chi connectivity index (χ0n) is 4.29. The van der Waals surface area contributed by atoms with E-state index in [1.54, 1.807) is 4.83 Å². The van der Waals surface area contributed by atoms with Crippen LogP contribution in [0.4, 0.5) is 0 Å². The van der Waals surface area contributed by atoms with Gasteiger partial charge in [-0.1, -0.05) is 0 Å². The summed E-state index contributed by atoms with van der Waals surface area (Å²) in [6.07, 6.45) is 0. The first-order valence-corrected chi connectivity index (χ1v) is 3.00. The molecule has 0 radical (unpaired) electrons. The summed E-state index contributed by atoms with van der Waals surface area (Å²) in [5.41, 5.74) is 1.92. The van der Waals surface area contributed by atoms with E-state index in [2.05, 4.69) is 0 Å². The van der Waals surface area contributed by atoms with Gasteiger partial charge < -0.3 is 9.66 Å². The van der Waals surface area contributed by atoms with Crippen molar-refractivity contribution in [3.63, 3.8) is 0 Å². The molecule has 0 saturated heterocycles. The molecule has 0 aliphatic heterocycles. The summed E-state index contributed by atoms with van der Waals surface area (Å²) >= 11 is -2.46. The van der Waals surface area contributed by atoms with Gasteiger partial charge in [0.2, 0.25) is 0 Å². The monoisotopic (exact) mass is 153 g/mol. The summed E-state index contributed by atoms with van der Waals surface area (Å²) in [6, 6.07) is 0. The van der Waals surface area contributed by atoms with Crippen LogP contribution in [0.3, 0.4) is 0 Å². The standard InChI is InChI=1S/C2H6N2O4S/c5-2(6)1-3-4-9(7)8/h3-4H,1H2,(H,5,6)(H,7,8)/p-1. The van der Waals surface area contributed by atoms with E-state index in [-0.39, 0.29) is 0 Å². The van der Waals surface area contributed by atoms with Crippen LogP contribution in [0.1, 0.15) is 0 Å². The lowest BCUT2D eigenvalue weighted by molar-refractivity contribution is -0.136. The second-order valence-electron chi connectivity index (χ2n) is 1.08. The van der Waals surface area contributed by atoms with Crippen LogP contribution in [0, 0.1) is 0 Å². The second-order valence-corrected chi connectivity index (χ2v) is 1.76. The molecule has 1 atom stereocenters. The third-order valence-electron chi connectivity index (χ3n) is 0.395. The smallest absolute Gasteiger partial charge is 0.318 e. The summed E-state index contributed by atoms with van der Waals surface area (Å²) in [5, 5.41) is 7.92. The Morgan fingerprint density at radius 2 is 2.33 bits per heavy atom. The van der Waals surface area contributed by atoms with Crippen LogP contribution < -0.4 is 10.3 Å². The first kappa shape index (κ1) is 8.50. The zero-order chi connectivity index (χ0) is 7.28. The average molecular weight is 153 g/mol. The van der Waals surface area contributed by atoms with E-state index in [1.807, 2.05) is 5.43 Å². The average Bonchev–Trinajstić information content (AvgIpc) is 1.63. The highest BCUT2D eigenvalue weighted by atomic mass is 32.2.